The maximum absolute atomic E-state index is 9.48. The number of carbonyl (C=O) groups excluding carboxylic acids is 2. The van der Waals surface area contributed by atoms with Crippen LogP contribution >= 0.6 is 0 Å². The lowest BCUT2D eigenvalue weighted by atomic mass is 10.1. The molecule has 0 aliphatic carbocycles. The molecule has 0 spiro atoms. The number of hydrogen-bond acceptors (Lipinski definition) is 2. The van der Waals surface area contributed by atoms with Gasteiger partial charge in [0.05, 0.1) is 0 Å². The first-order chi connectivity index (χ1) is 2.77. The highest BCUT2D eigenvalue weighted by molar-refractivity contribution is 6.58. The van der Waals surface area contributed by atoms with E-state index in [-0.39, 0.29) is 6.41 Å². The minimum Gasteiger partial charge on any atom is -0.309 e. The molecule has 2 radical (unpaired) electrons. The van der Waals surface area contributed by atoms with Crippen molar-refractivity contribution < 1.29 is 9.59 Å². The van der Waals surface area contributed by atoms with Crippen LogP contribution in [0.25, 0.3) is 0 Å². The molecule has 3 nitrogen and oxygen atoms in total. The van der Waals surface area contributed by atoms with E-state index in [1.807, 2.05) is 0 Å². The maximum Gasteiger partial charge on any atom is 0.212 e. The molecule has 0 heterocycles. The molecule has 0 saturated carbocycles. The molecule has 0 bridgehead atoms. The lowest BCUT2D eigenvalue weighted by Gasteiger charge is -1.79. The van der Waals surface area contributed by atoms with E-state index in [0.29, 0.717) is 0 Å². The lowest BCUT2D eigenvalue weighted by molar-refractivity contribution is -0.108. The van der Waals surface area contributed by atoms with E-state index in [2.05, 4.69) is 7.85 Å². The van der Waals surface area contributed by atoms with Gasteiger partial charge in [-0.05, 0) is 0 Å². The molecular formula is C2H2BNO2. The fourth-order valence-corrected chi connectivity index (χ4v) is 0.0581. The van der Waals surface area contributed by atoms with Crippen LogP contribution in [0, 0.1) is 0 Å². The van der Waals surface area contributed by atoms with Gasteiger partial charge in [0.15, 0.2) is 5.81 Å². The van der Waals surface area contributed by atoms with Crippen molar-refractivity contribution >= 4 is 20.1 Å². The Morgan fingerprint density at radius 3 is 2.33 bits per heavy atom. The highest BCUT2D eigenvalue weighted by Crippen LogP contribution is 1.46. The number of amides is 2. The fourth-order valence-electron chi connectivity index (χ4n) is 0.0581. The minimum atomic E-state index is -0.829. The highest BCUT2D eigenvalue weighted by atomic mass is 16.2. The standard InChI is InChI=1S/C2H2BNO2/c3-2(6)4-1-5/h1H,(H,4,5,6). The topological polar surface area (TPSA) is 46.2 Å². The molecule has 6 heavy (non-hydrogen) atoms. The van der Waals surface area contributed by atoms with E-state index < -0.39 is 5.81 Å². The first-order valence-electron chi connectivity index (χ1n) is 1.27. The monoisotopic (exact) mass is 83.0 g/mol. The van der Waals surface area contributed by atoms with Crippen molar-refractivity contribution in [1.82, 2.24) is 5.32 Å². The first-order valence-corrected chi connectivity index (χ1v) is 1.27. The molecular weight excluding hydrogens is 80.8 g/mol. The maximum atomic E-state index is 9.48. The number of imide groups is 1. The predicted octanol–water partition coefficient (Wildman–Crippen LogP) is -0.979. The predicted molar refractivity (Wildman–Crippen MR) is 20.3 cm³/mol. The molecule has 1 N–H and O–H groups in total. The number of nitrogens with one attached hydrogen (secondary N) is 1. The van der Waals surface area contributed by atoms with E-state index in [9.17, 15) is 9.59 Å². The van der Waals surface area contributed by atoms with Gasteiger partial charge in [0.2, 0.25) is 14.3 Å². The normalized spacial score (nSPS) is 6.67. The van der Waals surface area contributed by atoms with Crippen LogP contribution in [-0.4, -0.2) is 20.1 Å². The Balaban J connectivity index is 3.05. The van der Waals surface area contributed by atoms with Gasteiger partial charge in [-0.3, -0.25) is 9.59 Å². The van der Waals surface area contributed by atoms with Gasteiger partial charge in [-0.25, -0.2) is 0 Å². The summed E-state index contributed by atoms with van der Waals surface area (Å²) >= 11 is 0. The van der Waals surface area contributed by atoms with Crippen molar-refractivity contribution in [2.45, 2.75) is 0 Å². The third-order valence-electron chi connectivity index (χ3n) is 0.201. The van der Waals surface area contributed by atoms with Crippen LogP contribution in [-0.2, 0) is 4.79 Å². The lowest BCUT2D eigenvalue weighted by Crippen LogP contribution is -2.18. The van der Waals surface area contributed by atoms with Gasteiger partial charge in [-0.1, -0.05) is 0 Å². The van der Waals surface area contributed by atoms with E-state index in [4.69, 9.17) is 0 Å². The molecule has 0 rings (SSSR count). The van der Waals surface area contributed by atoms with Gasteiger partial charge in [-0.15, -0.1) is 0 Å². The molecule has 2 amide bonds. The van der Waals surface area contributed by atoms with Crippen LogP contribution in [0.15, 0.2) is 0 Å². The molecule has 0 aliphatic rings. The van der Waals surface area contributed by atoms with E-state index in [0.717, 1.165) is 0 Å². The Morgan fingerprint density at radius 2 is 2.33 bits per heavy atom. The summed E-state index contributed by atoms with van der Waals surface area (Å²) in [4.78, 5) is 18.7. The highest BCUT2D eigenvalue weighted by Gasteiger charge is 1.78. The summed E-state index contributed by atoms with van der Waals surface area (Å²) < 4.78 is 0. The molecule has 0 aliphatic heterocycles. The molecule has 0 aromatic carbocycles. The second-order valence-corrected chi connectivity index (χ2v) is 0.626. The molecule has 0 aromatic rings. The zero-order valence-corrected chi connectivity index (χ0v) is 2.97. The van der Waals surface area contributed by atoms with Gasteiger partial charge in [0.25, 0.3) is 0 Å². The van der Waals surface area contributed by atoms with Crippen molar-refractivity contribution in [1.29, 1.82) is 0 Å². The molecule has 0 saturated heterocycles. The van der Waals surface area contributed by atoms with E-state index in [1.54, 1.807) is 5.32 Å². The van der Waals surface area contributed by atoms with Gasteiger partial charge < -0.3 is 5.32 Å². The van der Waals surface area contributed by atoms with Crippen LogP contribution < -0.4 is 5.32 Å². The Morgan fingerprint density at radius 1 is 1.83 bits per heavy atom. The Kier molecular flexibility index (Phi) is 2.12. The summed E-state index contributed by atoms with van der Waals surface area (Å²) in [7, 11) is 4.42. The molecule has 30 valence electrons. The molecule has 0 unspecified atom stereocenters. The van der Waals surface area contributed by atoms with Gasteiger partial charge in [0, 0.05) is 0 Å². The third-order valence-corrected chi connectivity index (χ3v) is 0.201. The molecule has 0 fully saturated rings. The third kappa shape index (κ3) is 3.20. The van der Waals surface area contributed by atoms with Crippen LogP contribution in [0.1, 0.15) is 0 Å². The smallest absolute Gasteiger partial charge is 0.212 e. The Labute approximate surface area is 36.1 Å². The fraction of sp³-hybridized carbons (Fsp3) is 0. The second-order valence-electron chi connectivity index (χ2n) is 0.626. The van der Waals surface area contributed by atoms with Crippen molar-refractivity contribution in [2.75, 3.05) is 0 Å². The van der Waals surface area contributed by atoms with Crippen LogP contribution in [0.3, 0.4) is 0 Å². The van der Waals surface area contributed by atoms with Crippen molar-refractivity contribution in [3.8, 4) is 0 Å². The van der Waals surface area contributed by atoms with Gasteiger partial charge in [0.1, 0.15) is 0 Å². The van der Waals surface area contributed by atoms with Gasteiger partial charge in [-0.2, -0.15) is 0 Å². The van der Waals surface area contributed by atoms with Crippen molar-refractivity contribution in [3.63, 3.8) is 0 Å². The zero-order valence-electron chi connectivity index (χ0n) is 2.97. The Bertz CT molecular complexity index is 71.9. The van der Waals surface area contributed by atoms with Gasteiger partial charge >= 0.3 is 0 Å². The summed E-state index contributed by atoms with van der Waals surface area (Å²) in [6, 6.07) is 0. The number of hydrogen-bond donors (Lipinski definition) is 1. The summed E-state index contributed by atoms with van der Waals surface area (Å²) in [5.74, 6) is -0.829. The summed E-state index contributed by atoms with van der Waals surface area (Å²) in [6.07, 6.45) is 0.225. The van der Waals surface area contributed by atoms with E-state index >= 15 is 0 Å². The average molecular weight is 82.9 g/mol. The molecule has 0 aromatic heterocycles. The summed E-state index contributed by atoms with van der Waals surface area (Å²) in [6.45, 7) is 0. The summed E-state index contributed by atoms with van der Waals surface area (Å²) in [5, 5.41) is 1.67. The largest absolute Gasteiger partial charge is 0.309 e. The number of rotatable bonds is 1. The first kappa shape index (κ1) is 5.20. The SMILES string of the molecule is [B]C(=O)NC=O. The zero-order chi connectivity index (χ0) is 4.99. The quantitative estimate of drug-likeness (QED) is 0.327. The van der Waals surface area contributed by atoms with Crippen LogP contribution in [0.4, 0.5) is 4.79 Å². The molecule has 0 atom stereocenters. The van der Waals surface area contributed by atoms with Crippen LogP contribution in [0.2, 0.25) is 0 Å². The minimum absolute atomic E-state index is 0.225. The van der Waals surface area contributed by atoms with Crippen molar-refractivity contribution in [2.24, 2.45) is 0 Å². The summed E-state index contributed by atoms with van der Waals surface area (Å²) in [5.41, 5.74) is 0. The van der Waals surface area contributed by atoms with E-state index in [1.165, 1.54) is 0 Å². The number of carbonyl (C=O) groups is 2. The average Bonchev–Trinajstić information content (AvgIpc) is 1.35. The van der Waals surface area contributed by atoms with Crippen molar-refractivity contribution in [3.05, 3.63) is 0 Å². The van der Waals surface area contributed by atoms with Crippen LogP contribution in [0.5, 0.6) is 0 Å². The Hall–Kier alpha value is -0.795. The molecule has 4 heteroatoms. The second kappa shape index (κ2) is 2.44.